The maximum Gasteiger partial charge on any atom is 0.186 e. The van der Waals surface area contributed by atoms with Crippen molar-refractivity contribution in [2.75, 3.05) is 13.7 Å². The molecule has 1 aliphatic heterocycles. The molecule has 0 unspecified atom stereocenters. The number of nitrogens with two attached hydrogens (primary N) is 1. The van der Waals surface area contributed by atoms with Crippen LogP contribution in [0.1, 0.15) is 0 Å². The zero-order chi connectivity index (χ0) is 10.0. The predicted octanol–water partition coefficient (Wildman–Crippen LogP) is -2.18. The van der Waals surface area contributed by atoms with E-state index in [4.69, 9.17) is 15.2 Å². The number of ether oxygens (including phenoxy) is 2. The molecule has 0 aliphatic carbocycles. The van der Waals surface area contributed by atoms with Crippen molar-refractivity contribution in [2.45, 2.75) is 30.7 Å². The second kappa shape index (κ2) is 5.82. The Morgan fingerprint density at radius 1 is 1.21 bits per heavy atom. The van der Waals surface area contributed by atoms with E-state index in [2.05, 4.69) is 0 Å². The Morgan fingerprint density at radius 2 is 1.79 bits per heavy atom. The summed E-state index contributed by atoms with van der Waals surface area (Å²) in [7, 11) is 1.34. The van der Waals surface area contributed by atoms with E-state index >= 15 is 0 Å². The van der Waals surface area contributed by atoms with Gasteiger partial charge in [0.05, 0.1) is 0 Å². The molecule has 0 radical (unpaired) electrons. The van der Waals surface area contributed by atoms with Crippen LogP contribution in [0.2, 0.25) is 0 Å². The van der Waals surface area contributed by atoms with Crippen LogP contribution in [-0.4, -0.2) is 59.7 Å². The zero-order valence-corrected chi connectivity index (χ0v) is 8.55. The number of hydrogen-bond acceptors (Lipinski definition) is 6. The summed E-state index contributed by atoms with van der Waals surface area (Å²) in [6, 6.07) is 0. The van der Waals surface area contributed by atoms with Gasteiger partial charge in [-0.05, 0) is 0 Å². The highest BCUT2D eigenvalue weighted by Crippen LogP contribution is 2.20. The lowest BCUT2D eigenvalue weighted by molar-refractivity contribution is -0.287. The van der Waals surface area contributed by atoms with Crippen molar-refractivity contribution in [1.82, 2.24) is 0 Å². The molecule has 0 saturated carbocycles. The minimum absolute atomic E-state index is 0. The molecule has 0 spiro atoms. The van der Waals surface area contributed by atoms with Crippen molar-refractivity contribution in [3.05, 3.63) is 0 Å². The minimum atomic E-state index is -1.28. The average molecular weight is 230 g/mol. The Morgan fingerprint density at radius 3 is 2.21 bits per heavy atom. The van der Waals surface area contributed by atoms with E-state index in [-0.39, 0.29) is 19.0 Å². The largest absolute Gasteiger partial charge is 0.388 e. The molecular weight excluding hydrogens is 214 g/mol. The Bertz CT molecular complexity index is 152. The lowest BCUT2D eigenvalue weighted by Gasteiger charge is -2.39. The third kappa shape index (κ3) is 2.54. The van der Waals surface area contributed by atoms with E-state index in [1.165, 1.54) is 7.11 Å². The molecule has 0 bridgehead atoms. The molecule has 0 aromatic heterocycles. The minimum Gasteiger partial charge on any atom is -0.388 e. The fourth-order valence-electron chi connectivity index (χ4n) is 1.31. The smallest absolute Gasteiger partial charge is 0.186 e. The topological polar surface area (TPSA) is 105 Å². The second-order valence-corrected chi connectivity index (χ2v) is 2.99. The molecule has 0 aromatic rings. The van der Waals surface area contributed by atoms with Crippen LogP contribution in [0.3, 0.4) is 0 Å². The predicted molar refractivity (Wildman–Crippen MR) is 50.0 cm³/mol. The second-order valence-electron chi connectivity index (χ2n) is 2.99. The monoisotopic (exact) mass is 229 g/mol. The molecule has 1 saturated heterocycles. The molecule has 1 rings (SSSR count). The Hall–Kier alpha value is 0.0500. The first-order valence-electron chi connectivity index (χ1n) is 4.04. The highest BCUT2D eigenvalue weighted by atomic mass is 35.5. The van der Waals surface area contributed by atoms with Crippen molar-refractivity contribution in [3.63, 3.8) is 0 Å². The van der Waals surface area contributed by atoms with Crippen LogP contribution in [0.15, 0.2) is 0 Å². The van der Waals surface area contributed by atoms with Crippen LogP contribution in [0.5, 0.6) is 0 Å². The SMILES string of the molecule is CO[C@H]1O[C@H](CN)[C@@H](O)[C@H](O)[C@H]1O.Cl. The van der Waals surface area contributed by atoms with Crippen LogP contribution in [-0.2, 0) is 9.47 Å². The summed E-state index contributed by atoms with van der Waals surface area (Å²) in [5.41, 5.74) is 5.28. The van der Waals surface area contributed by atoms with Gasteiger partial charge in [0.2, 0.25) is 0 Å². The molecule has 1 aliphatic rings. The maximum atomic E-state index is 9.35. The van der Waals surface area contributed by atoms with E-state index in [0.717, 1.165) is 0 Å². The summed E-state index contributed by atoms with van der Waals surface area (Å²) in [5, 5.41) is 28.0. The van der Waals surface area contributed by atoms with Crippen LogP contribution in [0.25, 0.3) is 0 Å². The van der Waals surface area contributed by atoms with Gasteiger partial charge in [-0.3, -0.25) is 0 Å². The number of hydrogen-bond donors (Lipinski definition) is 4. The van der Waals surface area contributed by atoms with Gasteiger partial charge in [-0.1, -0.05) is 0 Å². The Balaban J connectivity index is 0.00000169. The molecule has 0 amide bonds. The van der Waals surface area contributed by atoms with E-state index in [1.54, 1.807) is 0 Å². The maximum absolute atomic E-state index is 9.35. The van der Waals surface area contributed by atoms with E-state index < -0.39 is 30.7 Å². The number of methoxy groups -OCH3 is 1. The summed E-state index contributed by atoms with van der Waals surface area (Å²) < 4.78 is 9.83. The summed E-state index contributed by atoms with van der Waals surface area (Å²) in [4.78, 5) is 0. The molecule has 1 heterocycles. The van der Waals surface area contributed by atoms with Crippen molar-refractivity contribution < 1.29 is 24.8 Å². The van der Waals surface area contributed by atoms with Gasteiger partial charge >= 0.3 is 0 Å². The number of rotatable bonds is 2. The van der Waals surface area contributed by atoms with Gasteiger partial charge in [-0.25, -0.2) is 0 Å². The van der Waals surface area contributed by atoms with Crippen LogP contribution in [0.4, 0.5) is 0 Å². The Kier molecular flexibility index (Phi) is 5.84. The summed E-state index contributed by atoms with van der Waals surface area (Å²) >= 11 is 0. The molecule has 86 valence electrons. The van der Waals surface area contributed by atoms with E-state index in [9.17, 15) is 15.3 Å². The molecule has 5 N–H and O–H groups in total. The van der Waals surface area contributed by atoms with Gasteiger partial charge in [-0.2, -0.15) is 0 Å². The highest BCUT2D eigenvalue weighted by Gasteiger charge is 2.43. The normalized spacial score (nSPS) is 43.1. The van der Waals surface area contributed by atoms with Crippen LogP contribution in [0, 0.1) is 0 Å². The summed E-state index contributed by atoms with van der Waals surface area (Å²) in [5.74, 6) is 0. The summed E-state index contributed by atoms with van der Waals surface area (Å²) in [6.07, 6.45) is -5.35. The lowest BCUT2D eigenvalue weighted by atomic mass is 9.99. The molecule has 14 heavy (non-hydrogen) atoms. The van der Waals surface area contributed by atoms with Crippen LogP contribution < -0.4 is 5.73 Å². The molecule has 0 aromatic carbocycles. The third-order valence-electron chi connectivity index (χ3n) is 2.13. The molecular formula is C7H16ClNO5. The van der Waals surface area contributed by atoms with E-state index in [0.29, 0.717) is 0 Å². The van der Waals surface area contributed by atoms with Gasteiger partial charge in [0, 0.05) is 13.7 Å². The van der Waals surface area contributed by atoms with Crippen molar-refractivity contribution >= 4 is 12.4 Å². The first-order chi connectivity index (χ1) is 6.11. The van der Waals surface area contributed by atoms with Crippen molar-refractivity contribution in [2.24, 2.45) is 5.73 Å². The van der Waals surface area contributed by atoms with Gasteiger partial charge in [0.15, 0.2) is 6.29 Å². The van der Waals surface area contributed by atoms with Gasteiger partial charge in [-0.15, -0.1) is 12.4 Å². The first kappa shape index (κ1) is 14.1. The van der Waals surface area contributed by atoms with Crippen LogP contribution >= 0.6 is 12.4 Å². The molecule has 6 nitrogen and oxygen atoms in total. The van der Waals surface area contributed by atoms with Crippen molar-refractivity contribution in [3.8, 4) is 0 Å². The van der Waals surface area contributed by atoms with Gasteiger partial charge in [0.1, 0.15) is 24.4 Å². The molecule has 1 fully saturated rings. The number of halogens is 1. The van der Waals surface area contributed by atoms with Gasteiger partial charge < -0.3 is 30.5 Å². The zero-order valence-electron chi connectivity index (χ0n) is 7.74. The fourth-order valence-corrected chi connectivity index (χ4v) is 1.31. The first-order valence-corrected chi connectivity index (χ1v) is 4.04. The Labute approximate surface area is 88.0 Å². The lowest BCUT2D eigenvalue weighted by Crippen LogP contribution is -2.59. The highest BCUT2D eigenvalue weighted by molar-refractivity contribution is 5.85. The number of aliphatic hydroxyl groups excluding tert-OH is 3. The fraction of sp³-hybridized carbons (Fsp3) is 1.00. The third-order valence-corrected chi connectivity index (χ3v) is 2.13. The molecule has 7 heteroatoms. The average Bonchev–Trinajstić information content (AvgIpc) is 2.15. The quantitative estimate of drug-likeness (QED) is 0.429. The van der Waals surface area contributed by atoms with Crippen molar-refractivity contribution in [1.29, 1.82) is 0 Å². The van der Waals surface area contributed by atoms with Gasteiger partial charge in [0.25, 0.3) is 0 Å². The summed E-state index contributed by atoms with van der Waals surface area (Å²) in [6.45, 7) is 0.0603. The van der Waals surface area contributed by atoms with E-state index in [1.807, 2.05) is 0 Å². The number of aliphatic hydroxyl groups is 3. The molecule has 5 atom stereocenters. The standard InChI is InChI=1S/C7H15NO5.ClH/c1-12-7-6(11)5(10)4(9)3(2-8)13-7;/h3-7,9-11H,2,8H2,1H3;1H/t3-,4-,5+,6-,7+;/m1./s1.